The maximum atomic E-state index is 12.0. The Morgan fingerprint density at radius 2 is 2.10 bits per heavy atom. The molecule has 0 aliphatic rings. The lowest BCUT2D eigenvalue weighted by atomic mass is 10.1. The largest absolute Gasteiger partial charge is 0.380 e. The van der Waals surface area contributed by atoms with Gasteiger partial charge in [-0.05, 0) is 39.2 Å². The number of carbonyl (C=O) groups is 1. The Bertz CT molecular complexity index is 602. The Morgan fingerprint density at radius 3 is 2.85 bits per heavy atom. The molecule has 0 saturated carbocycles. The van der Waals surface area contributed by atoms with E-state index >= 15 is 0 Å². The van der Waals surface area contributed by atoms with E-state index in [0.717, 1.165) is 11.1 Å². The molecule has 0 radical (unpaired) electrons. The Balaban J connectivity index is 2.00. The number of carbonyl (C=O) groups excluding carboxylic acids is 1. The average Bonchev–Trinajstić information content (AvgIpc) is 2.46. The second-order valence-electron chi connectivity index (χ2n) is 4.28. The SMILES string of the molecule is COCc1cccc(CNC(=O)c2cccnc2Br)c1. The minimum atomic E-state index is -0.151. The number of hydrogen-bond acceptors (Lipinski definition) is 3. The summed E-state index contributed by atoms with van der Waals surface area (Å²) in [5, 5.41) is 2.88. The van der Waals surface area contributed by atoms with Crippen molar-refractivity contribution in [1.82, 2.24) is 10.3 Å². The third kappa shape index (κ3) is 3.88. The third-order valence-electron chi connectivity index (χ3n) is 2.76. The number of hydrogen-bond donors (Lipinski definition) is 1. The van der Waals surface area contributed by atoms with Crippen LogP contribution in [0.15, 0.2) is 47.2 Å². The number of benzene rings is 1. The molecule has 5 heteroatoms. The first-order valence-corrected chi connectivity index (χ1v) is 6.95. The van der Waals surface area contributed by atoms with Crippen LogP contribution >= 0.6 is 15.9 Å². The van der Waals surface area contributed by atoms with Gasteiger partial charge in [-0.25, -0.2) is 4.98 Å². The highest BCUT2D eigenvalue weighted by molar-refractivity contribution is 9.10. The van der Waals surface area contributed by atoms with Gasteiger partial charge in [0.1, 0.15) is 4.60 Å². The van der Waals surface area contributed by atoms with Crippen molar-refractivity contribution in [3.05, 3.63) is 63.9 Å². The lowest BCUT2D eigenvalue weighted by molar-refractivity contribution is 0.0949. The van der Waals surface area contributed by atoms with E-state index in [-0.39, 0.29) is 5.91 Å². The van der Waals surface area contributed by atoms with E-state index in [2.05, 4.69) is 26.2 Å². The molecular weight excluding hydrogens is 320 g/mol. The predicted molar refractivity (Wildman–Crippen MR) is 80.3 cm³/mol. The van der Waals surface area contributed by atoms with Crippen LogP contribution in [0, 0.1) is 0 Å². The van der Waals surface area contributed by atoms with Crippen LogP contribution in [-0.4, -0.2) is 18.0 Å². The highest BCUT2D eigenvalue weighted by Crippen LogP contribution is 2.12. The molecule has 0 fully saturated rings. The zero-order valence-electron chi connectivity index (χ0n) is 11.1. The van der Waals surface area contributed by atoms with Gasteiger partial charge < -0.3 is 10.1 Å². The Labute approximate surface area is 126 Å². The molecule has 1 aromatic carbocycles. The normalized spacial score (nSPS) is 10.3. The summed E-state index contributed by atoms with van der Waals surface area (Å²) in [4.78, 5) is 16.1. The molecular formula is C15H15BrN2O2. The van der Waals surface area contributed by atoms with Crippen molar-refractivity contribution < 1.29 is 9.53 Å². The molecule has 2 rings (SSSR count). The summed E-state index contributed by atoms with van der Waals surface area (Å²) >= 11 is 3.27. The van der Waals surface area contributed by atoms with E-state index in [1.165, 1.54) is 0 Å². The Kier molecular flexibility index (Phi) is 5.26. The molecule has 0 aliphatic carbocycles. The van der Waals surface area contributed by atoms with Gasteiger partial charge in [0, 0.05) is 19.9 Å². The number of ether oxygens (including phenoxy) is 1. The first-order valence-electron chi connectivity index (χ1n) is 6.16. The second-order valence-corrected chi connectivity index (χ2v) is 5.03. The summed E-state index contributed by atoms with van der Waals surface area (Å²) in [6, 6.07) is 11.4. The second kappa shape index (κ2) is 7.17. The fraction of sp³-hybridized carbons (Fsp3) is 0.200. The minimum absolute atomic E-state index is 0.151. The fourth-order valence-corrected chi connectivity index (χ4v) is 2.26. The summed E-state index contributed by atoms with van der Waals surface area (Å²) in [5.41, 5.74) is 2.65. The average molecular weight is 335 g/mol. The van der Waals surface area contributed by atoms with Crippen LogP contribution in [0.5, 0.6) is 0 Å². The van der Waals surface area contributed by atoms with Crippen LogP contribution in [0.2, 0.25) is 0 Å². The van der Waals surface area contributed by atoms with E-state index in [0.29, 0.717) is 23.3 Å². The van der Waals surface area contributed by atoms with E-state index in [9.17, 15) is 4.79 Å². The van der Waals surface area contributed by atoms with Crippen molar-refractivity contribution in [2.24, 2.45) is 0 Å². The van der Waals surface area contributed by atoms with Crippen molar-refractivity contribution in [3.8, 4) is 0 Å². The van der Waals surface area contributed by atoms with Crippen molar-refractivity contribution in [1.29, 1.82) is 0 Å². The molecule has 0 spiro atoms. The number of halogens is 1. The Morgan fingerprint density at radius 1 is 1.30 bits per heavy atom. The van der Waals surface area contributed by atoms with Crippen LogP contribution < -0.4 is 5.32 Å². The fourth-order valence-electron chi connectivity index (χ4n) is 1.83. The molecule has 1 heterocycles. The van der Waals surface area contributed by atoms with Gasteiger partial charge in [0.05, 0.1) is 12.2 Å². The summed E-state index contributed by atoms with van der Waals surface area (Å²) in [5.74, 6) is -0.151. The first kappa shape index (κ1) is 14.7. The zero-order valence-corrected chi connectivity index (χ0v) is 12.7. The molecule has 104 valence electrons. The lowest BCUT2D eigenvalue weighted by Crippen LogP contribution is -2.23. The monoisotopic (exact) mass is 334 g/mol. The van der Waals surface area contributed by atoms with Gasteiger partial charge in [-0.15, -0.1) is 0 Å². The van der Waals surface area contributed by atoms with Crippen molar-refractivity contribution in [2.75, 3.05) is 7.11 Å². The number of aromatic nitrogens is 1. The molecule has 0 atom stereocenters. The van der Waals surface area contributed by atoms with Crippen molar-refractivity contribution in [3.63, 3.8) is 0 Å². The first-order chi connectivity index (χ1) is 9.70. The molecule has 1 amide bonds. The van der Waals surface area contributed by atoms with Crippen LogP contribution in [0.3, 0.4) is 0 Å². The van der Waals surface area contributed by atoms with Gasteiger partial charge in [-0.2, -0.15) is 0 Å². The van der Waals surface area contributed by atoms with Crippen LogP contribution in [0.4, 0.5) is 0 Å². The molecule has 0 aliphatic heterocycles. The van der Waals surface area contributed by atoms with Gasteiger partial charge in [0.25, 0.3) is 5.91 Å². The van der Waals surface area contributed by atoms with Gasteiger partial charge in [0.2, 0.25) is 0 Å². The third-order valence-corrected chi connectivity index (χ3v) is 3.39. The van der Waals surface area contributed by atoms with Gasteiger partial charge >= 0.3 is 0 Å². The summed E-state index contributed by atoms with van der Waals surface area (Å²) in [6.07, 6.45) is 1.63. The number of amides is 1. The number of pyridine rings is 1. The van der Waals surface area contributed by atoms with Gasteiger partial charge in [0.15, 0.2) is 0 Å². The topological polar surface area (TPSA) is 51.2 Å². The molecule has 2 aromatic rings. The highest BCUT2D eigenvalue weighted by Gasteiger charge is 2.09. The van der Waals surface area contributed by atoms with E-state index in [4.69, 9.17) is 4.74 Å². The van der Waals surface area contributed by atoms with E-state index in [1.807, 2.05) is 24.3 Å². The number of methoxy groups -OCH3 is 1. The number of nitrogens with one attached hydrogen (secondary N) is 1. The highest BCUT2D eigenvalue weighted by atomic mass is 79.9. The zero-order chi connectivity index (χ0) is 14.4. The maximum Gasteiger partial charge on any atom is 0.254 e. The van der Waals surface area contributed by atoms with Crippen molar-refractivity contribution >= 4 is 21.8 Å². The van der Waals surface area contributed by atoms with Crippen LogP contribution in [-0.2, 0) is 17.9 Å². The molecule has 20 heavy (non-hydrogen) atoms. The molecule has 0 bridgehead atoms. The quantitative estimate of drug-likeness (QED) is 0.855. The lowest BCUT2D eigenvalue weighted by Gasteiger charge is -2.08. The molecule has 1 aromatic heterocycles. The van der Waals surface area contributed by atoms with Crippen molar-refractivity contribution in [2.45, 2.75) is 13.2 Å². The molecule has 4 nitrogen and oxygen atoms in total. The van der Waals surface area contributed by atoms with E-state index < -0.39 is 0 Å². The van der Waals surface area contributed by atoms with Gasteiger partial charge in [-0.1, -0.05) is 24.3 Å². The number of rotatable bonds is 5. The van der Waals surface area contributed by atoms with E-state index in [1.54, 1.807) is 25.4 Å². The standard InChI is InChI=1S/C15H15BrN2O2/c1-20-10-12-5-2-4-11(8-12)9-18-15(19)13-6-3-7-17-14(13)16/h2-8H,9-10H2,1H3,(H,18,19). The summed E-state index contributed by atoms with van der Waals surface area (Å²) in [6.45, 7) is 1.04. The van der Waals surface area contributed by atoms with Crippen LogP contribution in [0.25, 0.3) is 0 Å². The summed E-state index contributed by atoms with van der Waals surface area (Å²) < 4.78 is 5.64. The molecule has 0 unspecified atom stereocenters. The molecule has 1 N–H and O–H groups in total. The maximum absolute atomic E-state index is 12.0. The minimum Gasteiger partial charge on any atom is -0.380 e. The summed E-state index contributed by atoms with van der Waals surface area (Å²) in [7, 11) is 1.66. The Hall–Kier alpha value is -1.72. The molecule has 0 saturated heterocycles. The number of nitrogens with zero attached hydrogens (tertiary/aromatic N) is 1. The van der Waals surface area contributed by atoms with Gasteiger partial charge in [-0.3, -0.25) is 4.79 Å². The van der Waals surface area contributed by atoms with Crippen LogP contribution in [0.1, 0.15) is 21.5 Å². The predicted octanol–water partition coefficient (Wildman–Crippen LogP) is 2.92. The smallest absolute Gasteiger partial charge is 0.254 e.